The number of hydrogen-bond donors (Lipinski definition) is 1. The molecule has 1 saturated heterocycles. The number of sulfone groups is 1. The Bertz CT molecular complexity index is 978. The molecule has 27 heavy (non-hydrogen) atoms. The van der Waals surface area contributed by atoms with Crippen molar-refractivity contribution in [1.29, 1.82) is 0 Å². The van der Waals surface area contributed by atoms with E-state index in [0.717, 1.165) is 30.5 Å². The van der Waals surface area contributed by atoms with Crippen LogP contribution in [0.5, 0.6) is 0 Å². The van der Waals surface area contributed by atoms with Crippen LogP contribution < -0.4 is 10.2 Å². The summed E-state index contributed by atoms with van der Waals surface area (Å²) >= 11 is 0. The van der Waals surface area contributed by atoms with Crippen molar-refractivity contribution in [1.82, 2.24) is 0 Å². The first-order valence-electron chi connectivity index (χ1n) is 8.52. The highest BCUT2D eigenvalue weighted by molar-refractivity contribution is 7.90. The summed E-state index contributed by atoms with van der Waals surface area (Å²) in [5.74, 6) is -0.180. The zero-order valence-corrected chi connectivity index (χ0v) is 15.7. The predicted octanol–water partition coefficient (Wildman–Crippen LogP) is 2.87. The molecule has 1 heterocycles. The molecule has 0 radical (unpaired) electrons. The van der Waals surface area contributed by atoms with Crippen LogP contribution in [0, 0.1) is 0 Å². The molecule has 2 amide bonds. The minimum Gasteiger partial charge on any atom is -0.323 e. The Kier molecular flexibility index (Phi) is 5.41. The van der Waals surface area contributed by atoms with Crippen LogP contribution in [0.25, 0.3) is 6.08 Å². The molecule has 1 aliphatic heterocycles. The fraction of sp³-hybridized carbons (Fsp3) is 0.200. The Morgan fingerprint density at radius 3 is 2.30 bits per heavy atom. The number of rotatable bonds is 5. The van der Waals surface area contributed by atoms with Crippen molar-refractivity contribution in [2.45, 2.75) is 17.7 Å². The summed E-state index contributed by atoms with van der Waals surface area (Å²) in [7, 11) is -3.26. The quantitative estimate of drug-likeness (QED) is 0.804. The van der Waals surface area contributed by atoms with Crippen LogP contribution in [0.4, 0.5) is 11.4 Å². The average Bonchev–Trinajstić information content (AvgIpc) is 3.06. The molecule has 3 rings (SSSR count). The van der Waals surface area contributed by atoms with E-state index >= 15 is 0 Å². The van der Waals surface area contributed by atoms with Crippen LogP contribution in [-0.2, 0) is 19.4 Å². The Morgan fingerprint density at radius 2 is 1.74 bits per heavy atom. The van der Waals surface area contributed by atoms with Gasteiger partial charge in [-0.05, 0) is 54.5 Å². The maximum absolute atomic E-state index is 12.0. The minimum absolute atomic E-state index is 0.138. The lowest BCUT2D eigenvalue weighted by Gasteiger charge is -2.15. The summed E-state index contributed by atoms with van der Waals surface area (Å²) in [6.07, 6.45) is 5.68. The number of anilines is 2. The van der Waals surface area contributed by atoms with Crippen molar-refractivity contribution in [3.05, 3.63) is 60.2 Å². The van der Waals surface area contributed by atoms with Gasteiger partial charge >= 0.3 is 0 Å². The van der Waals surface area contributed by atoms with E-state index in [9.17, 15) is 18.0 Å². The maximum atomic E-state index is 12.0. The molecule has 2 aromatic rings. The Balaban J connectivity index is 1.60. The number of hydrogen-bond acceptors (Lipinski definition) is 4. The number of carbonyl (C=O) groups excluding carboxylic acids is 2. The first kappa shape index (κ1) is 18.8. The van der Waals surface area contributed by atoms with E-state index in [1.807, 2.05) is 24.3 Å². The second kappa shape index (κ2) is 7.75. The highest BCUT2D eigenvalue weighted by atomic mass is 32.2. The number of amides is 2. The van der Waals surface area contributed by atoms with Gasteiger partial charge in [0.1, 0.15) is 0 Å². The van der Waals surface area contributed by atoms with Gasteiger partial charge in [-0.3, -0.25) is 9.59 Å². The number of nitrogens with zero attached hydrogens (tertiary/aromatic N) is 1. The zero-order valence-electron chi connectivity index (χ0n) is 14.9. The molecule has 0 saturated carbocycles. The molecule has 1 aliphatic rings. The van der Waals surface area contributed by atoms with E-state index in [4.69, 9.17) is 0 Å². The van der Waals surface area contributed by atoms with E-state index in [1.165, 1.54) is 18.2 Å². The second-order valence-corrected chi connectivity index (χ2v) is 8.38. The highest BCUT2D eigenvalue weighted by Crippen LogP contribution is 2.22. The van der Waals surface area contributed by atoms with Crippen LogP contribution >= 0.6 is 0 Å². The SMILES string of the molecule is CS(=O)(=O)c1ccc(NC(=O)/C=C/c2ccc(N3CCCC3=O)cc2)cc1. The lowest BCUT2D eigenvalue weighted by molar-refractivity contribution is -0.117. The summed E-state index contributed by atoms with van der Waals surface area (Å²) < 4.78 is 22.9. The molecular formula is C20H20N2O4S. The topological polar surface area (TPSA) is 83.6 Å². The van der Waals surface area contributed by atoms with Gasteiger partial charge in [-0.2, -0.15) is 0 Å². The fourth-order valence-corrected chi connectivity index (χ4v) is 3.46. The molecule has 7 heteroatoms. The van der Waals surface area contributed by atoms with Gasteiger partial charge in [0.05, 0.1) is 4.90 Å². The van der Waals surface area contributed by atoms with Gasteiger partial charge in [-0.25, -0.2) is 8.42 Å². The first-order chi connectivity index (χ1) is 12.8. The highest BCUT2D eigenvalue weighted by Gasteiger charge is 2.21. The number of nitrogens with one attached hydrogen (secondary N) is 1. The Morgan fingerprint density at radius 1 is 1.07 bits per heavy atom. The summed E-state index contributed by atoms with van der Waals surface area (Å²) in [6.45, 7) is 0.745. The van der Waals surface area contributed by atoms with Crippen LogP contribution in [0.1, 0.15) is 18.4 Å². The molecule has 2 aromatic carbocycles. The maximum Gasteiger partial charge on any atom is 0.248 e. The zero-order chi connectivity index (χ0) is 19.4. The smallest absolute Gasteiger partial charge is 0.248 e. The van der Waals surface area contributed by atoms with Crippen LogP contribution in [0.2, 0.25) is 0 Å². The third kappa shape index (κ3) is 4.83. The number of carbonyl (C=O) groups is 2. The normalized spacial score (nSPS) is 14.7. The second-order valence-electron chi connectivity index (χ2n) is 6.36. The van der Waals surface area contributed by atoms with Gasteiger partial charge in [-0.15, -0.1) is 0 Å². The molecule has 0 atom stereocenters. The van der Waals surface area contributed by atoms with Gasteiger partial charge < -0.3 is 10.2 Å². The monoisotopic (exact) mass is 384 g/mol. The van der Waals surface area contributed by atoms with Gasteiger partial charge in [0, 0.05) is 36.7 Å². The van der Waals surface area contributed by atoms with Crippen molar-refractivity contribution in [2.24, 2.45) is 0 Å². The van der Waals surface area contributed by atoms with Gasteiger partial charge in [0.2, 0.25) is 11.8 Å². The van der Waals surface area contributed by atoms with Gasteiger partial charge in [0.25, 0.3) is 0 Å². The van der Waals surface area contributed by atoms with Crippen molar-refractivity contribution in [3.63, 3.8) is 0 Å². The predicted molar refractivity (Wildman–Crippen MR) is 105 cm³/mol. The molecule has 0 aliphatic carbocycles. The third-order valence-electron chi connectivity index (χ3n) is 4.26. The van der Waals surface area contributed by atoms with Gasteiger partial charge in [0.15, 0.2) is 9.84 Å². The minimum atomic E-state index is -3.26. The van der Waals surface area contributed by atoms with Crippen molar-refractivity contribution in [3.8, 4) is 0 Å². The van der Waals surface area contributed by atoms with Gasteiger partial charge in [-0.1, -0.05) is 12.1 Å². The molecular weight excluding hydrogens is 364 g/mol. The molecule has 6 nitrogen and oxygen atoms in total. The third-order valence-corrected chi connectivity index (χ3v) is 5.38. The molecule has 0 aromatic heterocycles. The van der Waals surface area contributed by atoms with E-state index in [-0.39, 0.29) is 16.7 Å². The molecule has 0 bridgehead atoms. The fourth-order valence-electron chi connectivity index (χ4n) is 2.83. The van der Waals surface area contributed by atoms with E-state index < -0.39 is 9.84 Å². The largest absolute Gasteiger partial charge is 0.323 e. The lowest BCUT2D eigenvalue weighted by Crippen LogP contribution is -2.23. The Hall–Kier alpha value is -2.93. The summed E-state index contributed by atoms with van der Waals surface area (Å²) in [4.78, 5) is 25.7. The standard InChI is InChI=1S/C20H20N2O4S/c1-27(25,26)18-11-7-16(8-12-18)21-19(23)13-6-15-4-9-17(10-5-15)22-14-2-3-20(22)24/h4-13H,2-3,14H2,1H3,(H,21,23)/b13-6+. The van der Waals surface area contributed by atoms with Crippen molar-refractivity contribution >= 4 is 39.1 Å². The lowest BCUT2D eigenvalue weighted by atomic mass is 10.2. The summed E-state index contributed by atoms with van der Waals surface area (Å²) in [5, 5.41) is 2.68. The molecule has 0 spiro atoms. The molecule has 140 valence electrons. The number of benzene rings is 2. The van der Waals surface area contributed by atoms with Crippen molar-refractivity contribution < 1.29 is 18.0 Å². The first-order valence-corrected chi connectivity index (χ1v) is 10.4. The van der Waals surface area contributed by atoms with Crippen LogP contribution in [-0.4, -0.2) is 33.0 Å². The Labute approximate surface area is 158 Å². The summed E-state index contributed by atoms with van der Waals surface area (Å²) in [5.41, 5.74) is 2.22. The average molecular weight is 384 g/mol. The molecule has 1 N–H and O–H groups in total. The molecule has 0 unspecified atom stereocenters. The van der Waals surface area contributed by atoms with E-state index in [1.54, 1.807) is 23.1 Å². The summed E-state index contributed by atoms with van der Waals surface area (Å²) in [6, 6.07) is 13.4. The van der Waals surface area contributed by atoms with Crippen LogP contribution in [0.15, 0.2) is 59.5 Å². The molecule has 1 fully saturated rings. The van der Waals surface area contributed by atoms with Crippen LogP contribution in [0.3, 0.4) is 0 Å². The van der Waals surface area contributed by atoms with E-state index in [2.05, 4.69) is 5.32 Å². The van der Waals surface area contributed by atoms with Crippen molar-refractivity contribution in [2.75, 3.05) is 23.0 Å². The van der Waals surface area contributed by atoms with E-state index in [0.29, 0.717) is 12.1 Å².